The van der Waals surface area contributed by atoms with Crippen LogP contribution in [0.2, 0.25) is 0 Å². The number of terminal acetylenes is 1. The molecule has 0 N–H and O–H groups in total. The third kappa shape index (κ3) is 3.63. The first-order chi connectivity index (χ1) is 5.95. The van der Waals surface area contributed by atoms with Gasteiger partial charge in [-0.15, -0.1) is 6.42 Å². The van der Waals surface area contributed by atoms with Crippen LogP contribution in [0.25, 0.3) is 0 Å². The van der Waals surface area contributed by atoms with Gasteiger partial charge >= 0.3 is 5.97 Å². The molecule has 2 atom stereocenters. The molecule has 0 aromatic carbocycles. The van der Waals surface area contributed by atoms with Crippen LogP contribution in [0.5, 0.6) is 0 Å². The van der Waals surface area contributed by atoms with E-state index in [9.17, 15) is 9.36 Å². The summed E-state index contributed by atoms with van der Waals surface area (Å²) in [6, 6.07) is 0. The molecular formula is C8H13O4P. The molecule has 0 fully saturated rings. The Morgan fingerprint density at radius 2 is 2.23 bits per heavy atom. The molecule has 0 rings (SSSR count). The molecule has 0 spiro atoms. The Hall–Kier alpha value is -0.780. The number of rotatable bonds is 4. The molecule has 0 aromatic rings. The molecule has 0 aliphatic carbocycles. The van der Waals surface area contributed by atoms with Crippen molar-refractivity contribution in [3.05, 3.63) is 0 Å². The van der Waals surface area contributed by atoms with Crippen LogP contribution < -0.4 is 0 Å². The van der Waals surface area contributed by atoms with Crippen LogP contribution in [0.15, 0.2) is 0 Å². The van der Waals surface area contributed by atoms with E-state index >= 15 is 0 Å². The van der Waals surface area contributed by atoms with Crippen LogP contribution in [0.4, 0.5) is 0 Å². The summed E-state index contributed by atoms with van der Waals surface area (Å²) in [6.45, 7) is 2.77. The highest BCUT2D eigenvalue weighted by Crippen LogP contribution is 2.47. The van der Waals surface area contributed by atoms with E-state index in [0.29, 0.717) is 0 Å². The van der Waals surface area contributed by atoms with Crippen LogP contribution in [0.3, 0.4) is 0 Å². The first-order valence-electron chi connectivity index (χ1n) is 3.68. The first-order valence-corrected chi connectivity index (χ1v) is 5.83. The van der Waals surface area contributed by atoms with Gasteiger partial charge in [-0.1, -0.05) is 5.92 Å². The van der Waals surface area contributed by atoms with Gasteiger partial charge in [0.05, 0.1) is 0 Å². The van der Waals surface area contributed by atoms with E-state index in [1.54, 1.807) is 0 Å². The third-order valence-electron chi connectivity index (χ3n) is 1.70. The summed E-state index contributed by atoms with van der Waals surface area (Å²) in [4.78, 5) is 11.1. The highest BCUT2D eigenvalue weighted by molar-refractivity contribution is 7.59. The Morgan fingerprint density at radius 1 is 1.69 bits per heavy atom. The smallest absolute Gasteiger partial charge is 0.319 e. The molecule has 0 aromatic heterocycles. The molecule has 2 unspecified atom stereocenters. The summed E-state index contributed by atoms with van der Waals surface area (Å²) in [5.74, 6) is 1.56. The van der Waals surface area contributed by atoms with Crippen LogP contribution in [-0.2, 0) is 18.6 Å². The van der Waals surface area contributed by atoms with E-state index in [0.717, 1.165) is 0 Å². The van der Waals surface area contributed by atoms with Gasteiger partial charge in [0, 0.05) is 13.8 Å². The van der Waals surface area contributed by atoms with Gasteiger partial charge in [-0.25, -0.2) is 0 Å². The minimum Gasteiger partial charge on any atom is -0.452 e. The number of carbonyl (C=O) groups excluding carboxylic acids is 1. The summed E-state index contributed by atoms with van der Waals surface area (Å²) in [5, 5.41) is 0. The zero-order valence-corrected chi connectivity index (χ0v) is 8.84. The van der Waals surface area contributed by atoms with Gasteiger partial charge in [-0.3, -0.25) is 9.36 Å². The van der Waals surface area contributed by atoms with Gasteiger partial charge in [0.25, 0.3) is 0 Å². The zero-order valence-electron chi connectivity index (χ0n) is 7.94. The number of hydrogen-bond donors (Lipinski definition) is 0. The number of hydrogen-bond acceptors (Lipinski definition) is 4. The van der Waals surface area contributed by atoms with Gasteiger partial charge in [0.1, 0.15) is 5.66 Å². The zero-order chi connectivity index (χ0) is 10.5. The SMILES string of the molecule is C#CCOC(=O)C(C)P(C)(=O)OC. The van der Waals surface area contributed by atoms with Crippen LogP contribution in [-0.4, -0.2) is 32.0 Å². The molecule has 0 saturated heterocycles. The largest absolute Gasteiger partial charge is 0.452 e. The van der Waals surface area contributed by atoms with E-state index in [2.05, 4.69) is 10.7 Å². The fourth-order valence-electron chi connectivity index (χ4n) is 0.583. The molecule has 74 valence electrons. The molecule has 0 bridgehead atoms. The van der Waals surface area contributed by atoms with E-state index in [1.807, 2.05) is 0 Å². The Kier molecular flexibility index (Phi) is 4.76. The minimum absolute atomic E-state index is 0.104. The summed E-state index contributed by atoms with van der Waals surface area (Å²) in [7, 11) is -1.61. The molecule has 13 heavy (non-hydrogen) atoms. The van der Waals surface area contributed by atoms with E-state index in [-0.39, 0.29) is 6.61 Å². The van der Waals surface area contributed by atoms with Crippen molar-refractivity contribution in [2.24, 2.45) is 0 Å². The maximum atomic E-state index is 11.5. The van der Waals surface area contributed by atoms with Gasteiger partial charge in [0.15, 0.2) is 6.61 Å². The normalized spacial score (nSPS) is 16.8. The molecular weight excluding hydrogens is 191 g/mol. The predicted octanol–water partition coefficient (Wildman–Crippen LogP) is 1.11. The van der Waals surface area contributed by atoms with Crippen LogP contribution in [0, 0.1) is 12.3 Å². The number of ether oxygens (including phenoxy) is 1. The highest BCUT2D eigenvalue weighted by atomic mass is 31.2. The average molecular weight is 204 g/mol. The summed E-state index contributed by atoms with van der Waals surface area (Å²) in [6.07, 6.45) is 4.89. The Morgan fingerprint density at radius 3 is 2.62 bits per heavy atom. The Balaban J connectivity index is 4.28. The summed E-state index contributed by atoms with van der Waals surface area (Å²) < 4.78 is 20.8. The van der Waals surface area contributed by atoms with Crippen molar-refractivity contribution in [2.45, 2.75) is 12.6 Å². The minimum atomic E-state index is -2.90. The number of esters is 1. The van der Waals surface area contributed by atoms with Crippen molar-refractivity contribution in [2.75, 3.05) is 20.4 Å². The first kappa shape index (κ1) is 12.2. The molecule has 0 heterocycles. The monoisotopic (exact) mass is 204 g/mol. The van der Waals surface area contributed by atoms with Gasteiger partial charge in [-0.2, -0.15) is 0 Å². The lowest BCUT2D eigenvalue weighted by atomic mass is 10.5. The molecule has 0 saturated carbocycles. The lowest BCUT2D eigenvalue weighted by molar-refractivity contribution is -0.141. The van der Waals surface area contributed by atoms with Crippen molar-refractivity contribution >= 4 is 13.3 Å². The van der Waals surface area contributed by atoms with Crippen molar-refractivity contribution in [1.29, 1.82) is 0 Å². The lowest BCUT2D eigenvalue weighted by Gasteiger charge is -2.16. The van der Waals surface area contributed by atoms with Crippen molar-refractivity contribution in [1.82, 2.24) is 0 Å². The molecule has 0 aliphatic heterocycles. The van der Waals surface area contributed by atoms with Gasteiger partial charge in [-0.05, 0) is 6.92 Å². The van der Waals surface area contributed by atoms with E-state index in [4.69, 9.17) is 10.9 Å². The maximum absolute atomic E-state index is 11.5. The van der Waals surface area contributed by atoms with E-state index in [1.165, 1.54) is 20.7 Å². The predicted molar refractivity (Wildman–Crippen MR) is 49.8 cm³/mol. The van der Waals surface area contributed by atoms with Crippen molar-refractivity contribution in [3.8, 4) is 12.3 Å². The second-order valence-electron chi connectivity index (χ2n) is 2.58. The van der Waals surface area contributed by atoms with E-state index < -0.39 is 19.0 Å². The molecule has 4 nitrogen and oxygen atoms in total. The quantitative estimate of drug-likeness (QED) is 0.391. The number of carbonyl (C=O) groups is 1. The van der Waals surface area contributed by atoms with Crippen molar-refractivity contribution in [3.63, 3.8) is 0 Å². The molecule has 0 aliphatic rings. The third-order valence-corrected chi connectivity index (χ3v) is 4.05. The topological polar surface area (TPSA) is 52.6 Å². The van der Waals surface area contributed by atoms with Gasteiger partial charge in [0.2, 0.25) is 7.37 Å². The maximum Gasteiger partial charge on any atom is 0.319 e. The lowest BCUT2D eigenvalue weighted by Crippen LogP contribution is -2.20. The fourth-order valence-corrected chi connectivity index (χ4v) is 1.36. The molecule has 0 radical (unpaired) electrons. The van der Waals surface area contributed by atoms with Crippen LogP contribution >= 0.6 is 7.37 Å². The summed E-state index contributed by atoms with van der Waals surface area (Å²) in [5.41, 5.74) is -0.772. The Labute approximate surface area is 78.1 Å². The standard InChI is InChI=1S/C8H13O4P/c1-5-6-12-8(9)7(2)13(4,10)11-3/h1,7H,6H2,2-4H3. The average Bonchev–Trinajstić information content (AvgIpc) is 2.12. The fraction of sp³-hybridized carbons (Fsp3) is 0.625. The van der Waals surface area contributed by atoms with Gasteiger partial charge < -0.3 is 9.26 Å². The van der Waals surface area contributed by atoms with Crippen LogP contribution in [0.1, 0.15) is 6.92 Å². The second kappa shape index (κ2) is 5.06. The molecule has 5 heteroatoms. The second-order valence-corrected chi connectivity index (χ2v) is 5.54. The Bertz CT molecular complexity index is 266. The highest BCUT2D eigenvalue weighted by Gasteiger charge is 2.31. The molecule has 0 amide bonds. The summed E-state index contributed by atoms with van der Waals surface area (Å²) >= 11 is 0. The van der Waals surface area contributed by atoms with Crippen molar-refractivity contribution < 1.29 is 18.6 Å².